The van der Waals surface area contributed by atoms with E-state index in [1.165, 1.54) is 13.2 Å². The highest BCUT2D eigenvalue weighted by molar-refractivity contribution is 5.90. The average molecular weight is 380 g/mol. The van der Waals surface area contributed by atoms with E-state index in [0.717, 1.165) is 5.56 Å². The fourth-order valence-electron chi connectivity index (χ4n) is 4.16. The number of benzene rings is 2. The normalized spacial score (nSPS) is 24.6. The number of rotatable bonds is 2. The molecule has 1 fully saturated rings. The predicted molar refractivity (Wildman–Crippen MR) is 103 cm³/mol. The molecule has 0 bridgehead atoms. The number of methoxy groups -OCH3 is 1. The molecule has 1 saturated heterocycles. The molecule has 28 heavy (non-hydrogen) atoms. The largest absolute Gasteiger partial charge is 0.496 e. The van der Waals surface area contributed by atoms with Crippen LogP contribution in [0.5, 0.6) is 11.5 Å². The Morgan fingerprint density at radius 2 is 1.89 bits per heavy atom. The van der Waals surface area contributed by atoms with E-state index in [4.69, 9.17) is 18.6 Å². The van der Waals surface area contributed by atoms with Crippen molar-refractivity contribution < 1.29 is 23.7 Å². The molecule has 0 amide bonds. The second-order valence-electron chi connectivity index (χ2n) is 7.71. The predicted octanol–water partition coefficient (Wildman–Crippen LogP) is 3.44. The van der Waals surface area contributed by atoms with Crippen molar-refractivity contribution in [3.63, 3.8) is 0 Å². The van der Waals surface area contributed by atoms with E-state index in [0.29, 0.717) is 33.8 Å². The van der Waals surface area contributed by atoms with Gasteiger partial charge in [-0.25, -0.2) is 0 Å². The first-order chi connectivity index (χ1) is 13.4. The van der Waals surface area contributed by atoms with Crippen LogP contribution in [0.3, 0.4) is 0 Å². The standard InChI is InChI=1S/C22H20O6/c1-22(2)20(24)18-17-15(27-21(18)28-22)10-14(25-3)16-12(23)9-13(26-19(16)17)11-7-5-4-6-8-11/h4-10,18,20-21,24H,1-3H3/t18-,20-,21+/m1/s1. The Bertz CT molecular complexity index is 1130. The van der Waals surface area contributed by atoms with Gasteiger partial charge >= 0.3 is 0 Å². The minimum absolute atomic E-state index is 0.212. The number of fused-ring (bicyclic) bond motifs is 5. The minimum Gasteiger partial charge on any atom is -0.496 e. The van der Waals surface area contributed by atoms with Gasteiger partial charge in [-0.2, -0.15) is 0 Å². The molecule has 1 N–H and O–H groups in total. The van der Waals surface area contributed by atoms with Gasteiger partial charge in [0.05, 0.1) is 30.3 Å². The smallest absolute Gasteiger partial charge is 0.210 e. The molecule has 0 aliphatic carbocycles. The first kappa shape index (κ1) is 17.3. The Morgan fingerprint density at radius 1 is 1.14 bits per heavy atom. The van der Waals surface area contributed by atoms with Crippen molar-refractivity contribution in [1.29, 1.82) is 0 Å². The molecular formula is C22H20O6. The van der Waals surface area contributed by atoms with Gasteiger partial charge in [0.2, 0.25) is 6.29 Å². The number of aliphatic hydroxyl groups is 1. The van der Waals surface area contributed by atoms with E-state index in [-0.39, 0.29) is 5.43 Å². The third kappa shape index (κ3) is 2.31. The second kappa shape index (κ2) is 5.83. The molecule has 3 heterocycles. The summed E-state index contributed by atoms with van der Waals surface area (Å²) in [6.07, 6.45) is -1.44. The number of aliphatic hydroxyl groups excluding tert-OH is 1. The molecule has 6 heteroatoms. The Balaban J connectivity index is 1.82. The molecule has 5 rings (SSSR count). The topological polar surface area (TPSA) is 78.1 Å². The fraction of sp³-hybridized carbons (Fsp3) is 0.318. The summed E-state index contributed by atoms with van der Waals surface area (Å²) in [6, 6.07) is 12.5. The lowest BCUT2D eigenvalue weighted by molar-refractivity contribution is -0.118. The van der Waals surface area contributed by atoms with Gasteiger partial charge in [-0.15, -0.1) is 0 Å². The van der Waals surface area contributed by atoms with Gasteiger partial charge in [-0.05, 0) is 13.8 Å². The molecule has 0 radical (unpaired) electrons. The summed E-state index contributed by atoms with van der Waals surface area (Å²) in [5, 5.41) is 11.2. The Morgan fingerprint density at radius 3 is 2.61 bits per heavy atom. The Hall–Kier alpha value is -2.83. The van der Waals surface area contributed by atoms with Crippen LogP contribution in [-0.4, -0.2) is 30.2 Å². The van der Waals surface area contributed by atoms with E-state index in [1.807, 2.05) is 44.2 Å². The molecule has 0 spiro atoms. The maximum absolute atomic E-state index is 13.0. The fourth-order valence-corrected chi connectivity index (χ4v) is 4.16. The van der Waals surface area contributed by atoms with Crippen molar-refractivity contribution in [2.24, 2.45) is 0 Å². The van der Waals surface area contributed by atoms with Crippen molar-refractivity contribution in [1.82, 2.24) is 0 Å². The Labute approximate surface area is 161 Å². The zero-order chi connectivity index (χ0) is 19.6. The molecule has 0 unspecified atom stereocenters. The third-order valence-electron chi connectivity index (χ3n) is 5.59. The van der Waals surface area contributed by atoms with Crippen LogP contribution in [0.2, 0.25) is 0 Å². The molecule has 3 aromatic rings. The van der Waals surface area contributed by atoms with Crippen LogP contribution in [0.1, 0.15) is 25.3 Å². The third-order valence-corrected chi connectivity index (χ3v) is 5.59. The summed E-state index contributed by atoms with van der Waals surface area (Å²) >= 11 is 0. The highest BCUT2D eigenvalue weighted by Gasteiger charge is 2.56. The summed E-state index contributed by atoms with van der Waals surface area (Å²) in [5.41, 5.74) is 0.826. The quantitative estimate of drug-likeness (QED) is 0.734. The summed E-state index contributed by atoms with van der Waals surface area (Å²) in [4.78, 5) is 13.0. The van der Waals surface area contributed by atoms with Crippen molar-refractivity contribution in [3.8, 4) is 22.8 Å². The van der Waals surface area contributed by atoms with Gasteiger partial charge in [-0.1, -0.05) is 30.3 Å². The zero-order valence-electron chi connectivity index (χ0n) is 15.8. The van der Waals surface area contributed by atoms with Crippen LogP contribution < -0.4 is 14.9 Å². The van der Waals surface area contributed by atoms with Crippen molar-refractivity contribution in [2.75, 3.05) is 7.11 Å². The lowest BCUT2D eigenvalue weighted by Gasteiger charge is -2.24. The van der Waals surface area contributed by atoms with Crippen molar-refractivity contribution >= 4 is 11.0 Å². The van der Waals surface area contributed by atoms with Crippen molar-refractivity contribution in [3.05, 3.63) is 58.3 Å². The Kier molecular flexibility index (Phi) is 3.60. The lowest BCUT2D eigenvalue weighted by Crippen LogP contribution is -2.34. The highest BCUT2D eigenvalue weighted by Crippen LogP contribution is 2.53. The second-order valence-corrected chi connectivity index (χ2v) is 7.71. The van der Waals surface area contributed by atoms with Gasteiger partial charge < -0.3 is 23.7 Å². The molecule has 2 aliphatic rings. The maximum Gasteiger partial charge on any atom is 0.210 e. The molecule has 0 saturated carbocycles. The minimum atomic E-state index is -0.805. The van der Waals surface area contributed by atoms with Crippen LogP contribution in [0.15, 0.2) is 51.7 Å². The molecule has 144 valence electrons. The van der Waals surface area contributed by atoms with Crippen LogP contribution in [-0.2, 0) is 4.74 Å². The van der Waals surface area contributed by atoms with Gasteiger partial charge in [0.25, 0.3) is 0 Å². The van der Waals surface area contributed by atoms with E-state index in [9.17, 15) is 9.90 Å². The lowest BCUT2D eigenvalue weighted by atomic mass is 9.87. The first-order valence-electron chi connectivity index (χ1n) is 9.17. The van der Waals surface area contributed by atoms with E-state index in [2.05, 4.69) is 0 Å². The SMILES string of the molecule is COc1cc2c(c3oc(-c4ccccc4)cc(=O)c13)[C@H]1[C@@H](O2)OC(C)(C)[C@@H]1O. The highest BCUT2D eigenvalue weighted by atomic mass is 16.7. The van der Waals surface area contributed by atoms with E-state index in [1.54, 1.807) is 6.07 Å². The molecule has 6 nitrogen and oxygen atoms in total. The van der Waals surface area contributed by atoms with Gasteiger partial charge in [0.15, 0.2) is 5.43 Å². The number of hydrogen-bond donors (Lipinski definition) is 1. The van der Waals surface area contributed by atoms with Gasteiger partial charge in [0.1, 0.15) is 28.2 Å². The van der Waals surface area contributed by atoms with Gasteiger partial charge in [-0.3, -0.25) is 4.79 Å². The average Bonchev–Trinajstić information content (AvgIpc) is 3.13. The van der Waals surface area contributed by atoms with Crippen LogP contribution in [0.4, 0.5) is 0 Å². The summed E-state index contributed by atoms with van der Waals surface area (Å²) in [5.74, 6) is 0.871. The van der Waals surface area contributed by atoms with Crippen LogP contribution in [0, 0.1) is 0 Å². The number of ether oxygens (including phenoxy) is 3. The molecule has 2 aromatic carbocycles. The molecule has 3 atom stereocenters. The summed E-state index contributed by atoms with van der Waals surface area (Å²) in [6.45, 7) is 3.63. The maximum atomic E-state index is 13.0. The van der Waals surface area contributed by atoms with Gasteiger partial charge in [0, 0.05) is 17.7 Å². The monoisotopic (exact) mass is 380 g/mol. The summed E-state index contributed by atoms with van der Waals surface area (Å²) < 4.78 is 23.5. The van der Waals surface area contributed by atoms with E-state index >= 15 is 0 Å². The molecule has 2 aliphatic heterocycles. The van der Waals surface area contributed by atoms with Crippen LogP contribution >= 0.6 is 0 Å². The number of hydrogen-bond acceptors (Lipinski definition) is 6. The first-order valence-corrected chi connectivity index (χ1v) is 9.17. The van der Waals surface area contributed by atoms with E-state index < -0.39 is 23.9 Å². The molecular weight excluding hydrogens is 360 g/mol. The molecule has 1 aromatic heterocycles. The van der Waals surface area contributed by atoms with Crippen LogP contribution in [0.25, 0.3) is 22.3 Å². The summed E-state index contributed by atoms with van der Waals surface area (Å²) in [7, 11) is 1.50. The van der Waals surface area contributed by atoms with Crippen molar-refractivity contribution in [2.45, 2.75) is 37.8 Å². The zero-order valence-corrected chi connectivity index (χ0v) is 15.8.